The van der Waals surface area contributed by atoms with Crippen LogP contribution in [-0.4, -0.2) is 39.8 Å². The van der Waals surface area contributed by atoms with Gasteiger partial charge in [-0.15, -0.1) is 0 Å². The van der Waals surface area contributed by atoms with Crippen molar-refractivity contribution in [3.05, 3.63) is 41.9 Å². The molecule has 126 valence electrons. The van der Waals surface area contributed by atoms with Crippen molar-refractivity contribution < 1.29 is 13.9 Å². The summed E-state index contributed by atoms with van der Waals surface area (Å²) in [6, 6.07) is 1.97. The van der Waals surface area contributed by atoms with Crippen LogP contribution in [0.5, 0.6) is 0 Å². The van der Waals surface area contributed by atoms with Gasteiger partial charge in [-0.25, -0.2) is 14.2 Å². The summed E-state index contributed by atoms with van der Waals surface area (Å²) in [5.41, 5.74) is 2.28. The normalized spacial score (nSPS) is 14.6. The summed E-state index contributed by atoms with van der Waals surface area (Å²) in [4.78, 5) is 17.0. The summed E-state index contributed by atoms with van der Waals surface area (Å²) in [5, 5.41) is 4.67. The largest absolute Gasteiger partial charge is 0.464 e. The van der Waals surface area contributed by atoms with Crippen molar-refractivity contribution in [1.82, 2.24) is 19.3 Å². The lowest BCUT2D eigenvalue weighted by molar-refractivity contribution is -0.146. The molecule has 3 aromatic rings. The predicted octanol–water partition coefficient (Wildman–Crippen LogP) is 1.26. The lowest BCUT2D eigenvalue weighted by Gasteiger charge is -2.15. The number of carbonyl (C=O) groups excluding carboxylic acids is 1. The molecule has 0 amide bonds. The monoisotopic (exact) mass is 338 g/mol. The van der Waals surface area contributed by atoms with Crippen molar-refractivity contribution in [2.75, 3.05) is 6.61 Å². The van der Waals surface area contributed by atoms with Crippen molar-refractivity contribution in [3.63, 3.8) is 0 Å². The van der Waals surface area contributed by atoms with Gasteiger partial charge in [0.05, 0.1) is 29.5 Å². The smallest absolute Gasteiger partial charge is 0.337 e. The number of benzene rings is 1. The zero-order valence-electron chi connectivity index (χ0n) is 13.8. The molecule has 2 radical (unpaired) electrons. The Balaban J connectivity index is 1.86. The SMILES string of the molecule is [B]c1cc(F)c2cn(C(C(=O)OCC)c3ncn4c3CCC4)nc2c1. The molecule has 1 aliphatic heterocycles. The Kier molecular flexibility index (Phi) is 3.82. The van der Waals surface area contributed by atoms with Crippen molar-refractivity contribution in [1.29, 1.82) is 0 Å². The van der Waals surface area contributed by atoms with E-state index in [1.54, 1.807) is 19.3 Å². The van der Waals surface area contributed by atoms with Crippen LogP contribution in [-0.2, 0) is 22.5 Å². The maximum absolute atomic E-state index is 14.2. The number of hydrogen-bond acceptors (Lipinski definition) is 4. The lowest BCUT2D eigenvalue weighted by atomic mass is 9.95. The molecule has 1 unspecified atom stereocenters. The van der Waals surface area contributed by atoms with E-state index < -0.39 is 17.8 Å². The molecule has 0 N–H and O–H groups in total. The van der Waals surface area contributed by atoms with Crippen LogP contribution in [0.3, 0.4) is 0 Å². The summed E-state index contributed by atoms with van der Waals surface area (Å²) in [6.07, 6.45) is 5.08. The van der Waals surface area contributed by atoms with E-state index in [9.17, 15) is 9.18 Å². The van der Waals surface area contributed by atoms with Crippen LogP contribution < -0.4 is 5.46 Å². The molecule has 4 rings (SSSR count). The quantitative estimate of drug-likeness (QED) is 0.531. The second-order valence-corrected chi connectivity index (χ2v) is 6.07. The number of rotatable bonds is 4. The van der Waals surface area contributed by atoms with E-state index in [0.717, 1.165) is 25.1 Å². The van der Waals surface area contributed by atoms with E-state index in [2.05, 4.69) is 10.1 Å². The fraction of sp³-hybridized carbons (Fsp3) is 0.353. The van der Waals surface area contributed by atoms with Gasteiger partial charge in [-0.1, -0.05) is 5.46 Å². The van der Waals surface area contributed by atoms with Crippen LogP contribution in [0, 0.1) is 5.82 Å². The minimum Gasteiger partial charge on any atom is -0.464 e. The number of halogens is 1. The molecule has 2 aromatic heterocycles. The molecule has 8 heteroatoms. The summed E-state index contributed by atoms with van der Waals surface area (Å²) >= 11 is 0. The first-order valence-electron chi connectivity index (χ1n) is 8.23. The first kappa shape index (κ1) is 15.9. The summed E-state index contributed by atoms with van der Waals surface area (Å²) in [6.45, 7) is 2.87. The fourth-order valence-corrected chi connectivity index (χ4v) is 3.35. The second kappa shape index (κ2) is 6.02. The van der Waals surface area contributed by atoms with E-state index in [1.165, 1.54) is 16.9 Å². The molecule has 0 saturated carbocycles. The molecule has 1 atom stereocenters. The van der Waals surface area contributed by atoms with Crippen LogP contribution in [0.25, 0.3) is 10.9 Å². The second-order valence-electron chi connectivity index (χ2n) is 6.07. The Morgan fingerprint density at radius 1 is 1.48 bits per heavy atom. The third-order valence-corrected chi connectivity index (χ3v) is 4.44. The molecule has 0 fully saturated rings. The average Bonchev–Trinajstić information content (AvgIpc) is 3.24. The number of fused-ring (bicyclic) bond motifs is 2. The first-order chi connectivity index (χ1) is 12.1. The maximum atomic E-state index is 14.2. The molecule has 0 bridgehead atoms. The van der Waals surface area contributed by atoms with Gasteiger partial charge in [0.15, 0.2) is 6.04 Å². The Bertz CT molecular complexity index is 965. The zero-order valence-corrected chi connectivity index (χ0v) is 13.8. The number of hydrogen-bond donors (Lipinski definition) is 0. The Morgan fingerprint density at radius 3 is 3.12 bits per heavy atom. The number of aryl methyl sites for hydroxylation is 1. The van der Waals surface area contributed by atoms with E-state index in [-0.39, 0.29) is 12.1 Å². The van der Waals surface area contributed by atoms with Crippen LogP contribution in [0.1, 0.15) is 30.8 Å². The highest BCUT2D eigenvalue weighted by molar-refractivity contribution is 6.33. The van der Waals surface area contributed by atoms with Gasteiger partial charge in [-0.2, -0.15) is 5.10 Å². The van der Waals surface area contributed by atoms with Crippen LogP contribution in [0.2, 0.25) is 0 Å². The molecular weight excluding hydrogens is 322 g/mol. The number of imidazole rings is 1. The summed E-state index contributed by atoms with van der Waals surface area (Å²) < 4.78 is 22.8. The van der Waals surface area contributed by atoms with Gasteiger partial charge in [-0.05, 0) is 31.9 Å². The molecule has 0 spiro atoms. The van der Waals surface area contributed by atoms with E-state index in [4.69, 9.17) is 12.6 Å². The van der Waals surface area contributed by atoms with E-state index in [1.807, 2.05) is 4.57 Å². The van der Waals surface area contributed by atoms with Crippen molar-refractivity contribution in [2.24, 2.45) is 0 Å². The third kappa shape index (κ3) is 2.61. The Morgan fingerprint density at radius 2 is 2.32 bits per heavy atom. The van der Waals surface area contributed by atoms with Gasteiger partial charge < -0.3 is 9.30 Å². The minimum absolute atomic E-state index is 0.244. The molecule has 1 aromatic carbocycles. The van der Waals surface area contributed by atoms with Gasteiger partial charge in [-0.3, -0.25) is 4.68 Å². The molecule has 0 saturated heterocycles. The molecule has 1 aliphatic rings. The molecule has 3 heterocycles. The number of ether oxygens (including phenoxy) is 1. The van der Waals surface area contributed by atoms with Crippen molar-refractivity contribution in [2.45, 2.75) is 32.4 Å². The highest BCUT2D eigenvalue weighted by atomic mass is 19.1. The van der Waals surface area contributed by atoms with Gasteiger partial charge in [0, 0.05) is 18.4 Å². The van der Waals surface area contributed by atoms with Gasteiger partial charge in [0.2, 0.25) is 0 Å². The zero-order chi connectivity index (χ0) is 17.6. The lowest BCUT2D eigenvalue weighted by Crippen LogP contribution is -2.25. The van der Waals surface area contributed by atoms with E-state index in [0.29, 0.717) is 16.6 Å². The van der Waals surface area contributed by atoms with Gasteiger partial charge in [0.1, 0.15) is 13.7 Å². The van der Waals surface area contributed by atoms with Crippen molar-refractivity contribution >= 4 is 30.2 Å². The van der Waals surface area contributed by atoms with Gasteiger partial charge >= 0.3 is 5.97 Å². The predicted molar refractivity (Wildman–Crippen MR) is 90.4 cm³/mol. The number of aromatic nitrogens is 4. The highest BCUT2D eigenvalue weighted by Gasteiger charge is 2.32. The topological polar surface area (TPSA) is 61.9 Å². The van der Waals surface area contributed by atoms with Crippen LogP contribution in [0.4, 0.5) is 4.39 Å². The third-order valence-electron chi connectivity index (χ3n) is 4.44. The van der Waals surface area contributed by atoms with Gasteiger partial charge in [0.25, 0.3) is 0 Å². The standard InChI is InChI=1S/C17H16BFN4O2/c1-2-25-17(24)16(15-14-4-3-5-22(14)9-20-15)23-8-11-12(19)6-10(18)7-13(11)21-23/h6-9,16H,2-5H2,1H3. The Labute approximate surface area is 145 Å². The average molecular weight is 338 g/mol. The summed E-state index contributed by atoms with van der Waals surface area (Å²) in [7, 11) is 5.69. The number of nitrogens with zero attached hydrogens (tertiary/aromatic N) is 4. The maximum Gasteiger partial charge on any atom is 0.337 e. The van der Waals surface area contributed by atoms with Crippen molar-refractivity contribution in [3.8, 4) is 0 Å². The molecule has 0 aliphatic carbocycles. The summed E-state index contributed by atoms with van der Waals surface area (Å²) in [5.74, 6) is -0.934. The van der Waals surface area contributed by atoms with Crippen LogP contribution in [0.15, 0.2) is 24.7 Å². The first-order valence-corrected chi connectivity index (χ1v) is 8.23. The molecule has 6 nitrogen and oxygen atoms in total. The fourth-order valence-electron chi connectivity index (χ4n) is 3.35. The van der Waals surface area contributed by atoms with E-state index >= 15 is 0 Å². The van der Waals surface area contributed by atoms with Crippen LogP contribution >= 0.6 is 0 Å². The Hall–Kier alpha value is -2.64. The number of esters is 1. The highest BCUT2D eigenvalue weighted by Crippen LogP contribution is 2.28. The molecule has 25 heavy (non-hydrogen) atoms. The minimum atomic E-state index is -0.845. The number of carbonyl (C=O) groups is 1. The molecular formula is C17H16BFN4O2.